The lowest BCUT2D eigenvalue weighted by Gasteiger charge is -2.29. The summed E-state index contributed by atoms with van der Waals surface area (Å²) in [4.78, 5) is 4.63. The average molecular weight is 249 g/mol. The molecule has 3 rings (SSSR count). The zero-order chi connectivity index (χ0) is 12.5. The van der Waals surface area contributed by atoms with E-state index in [4.69, 9.17) is 5.73 Å². The van der Waals surface area contributed by atoms with Crippen LogP contribution in [0.3, 0.4) is 0 Å². The van der Waals surface area contributed by atoms with E-state index in [1.165, 1.54) is 51.4 Å². The summed E-state index contributed by atoms with van der Waals surface area (Å²) in [6.07, 6.45) is 10.9. The van der Waals surface area contributed by atoms with Crippen LogP contribution < -0.4 is 11.1 Å². The fourth-order valence-corrected chi connectivity index (χ4v) is 4.51. The Morgan fingerprint density at radius 2 is 1.94 bits per heavy atom. The molecule has 0 spiro atoms. The zero-order valence-corrected chi connectivity index (χ0v) is 11.6. The molecule has 0 radical (unpaired) electrons. The predicted octanol–water partition coefficient (Wildman–Crippen LogP) is 2.66. The molecule has 0 aromatic carbocycles. The number of rotatable bonds is 3. The highest BCUT2D eigenvalue weighted by Gasteiger charge is 2.41. The Labute approximate surface area is 111 Å². The Hall–Kier alpha value is -0.730. The van der Waals surface area contributed by atoms with E-state index in [0.717, 1.165) is 17.8 Å². The smallest absolute Gasteiger partial charge is 0.189 e. The van der Waals surface area contributed by atoms with Crippen LogP contribution in [0.15, 0.2) is 4.99 Å². The maximum atomic E-state index is 6.06. The lowest BCUT2D eigenvalue weighted by Crippen LogP contribution is -2.44. The van der Waals surface area contributed by atoms with Gasteiger partial charge in [0.15, 0.2) is 5.96 Å². The number of guanidine groups is 1. The van der Waals surface area contributed by atoms with E-state index in [2.05, 4.69) is 17.2 Å². The summed E-state index contributed by atoms with van der Waals surface area (Å²) in [5, 5.41) is 3.46. The number of nitrogens with two attached hydrogens (primary N) is 1. The largest absolute Gasteiger partial charge is 0.370 e. The fraction of sp³-hybridized carbons (Fsp3) is 0.933. The van der Waals surface area contributed by atoms with Crippen molar-refractivity contribution in [3.63, 3.8) is 0 Å². The molecule has 2 bridgehead atoms. The van der Waals surface area contributed by atoms with E-state index in [1.54, 1.807) is 0 Å². The Morgan fingerprint density at radius 1 is 1.17 bits per heavy atom. The number of hydrogen-bond acceptors (Lipinski definition) is 1. The highest BCUT2D eigenvalue weighted by atomic mass is 15.1. The predicted molar refractivity (Wildman–Crippen MR) is 75.4 cm³/mol. The Balaban J connectivity index is 1.52. The van der Waals surface area contributed by atoms with Gasteiger partial charge in [-0.2, -0.15) is 0 Å². The van der Waals surface area contributed by atoms with Gasteiger partial charge in [-0.1, -0.05) is 19.3 Å². The summed E-state index contributed by atoms with van der Waals surface area (Å²) in [5.74, 6) is 3.49. The van der Waals surface area contributed by atoms with E-state index in [-0.39, 0.29) is 0 Å². The first kappa shape index (κ1) is 12.3. The molecule has 3 aliphatic rings. The van der Waals surface area contributed by atoms with Crippen molar-refractivity contribution < 1.29 is 0 Å². The topological polar surface area (TPSA) is 50.4 Å². The number of hydrogen-bond donors (Lipinski definition) is 2. The molecule has 0 heterocycles. The average Bonchev–Trinajstić information content (AvgIpc) is 3.04. The van der Waals surface area contributed by atoms with Gasteiger partial charge in [0.25, 0.3) is 0 Å². The quantitative estimate of drug-likeness (QED) is 0.597. The Kier molecular flexibility index (Phi) is 3.49. The first-order valence-corrected chi connectivity index (χ1v) is 7.82. The molecule has 4 atom stereocenters. The van der Waals surface area contributed by atoms with Crippen LogP contribution in [0.5, 0.6) is 0 Å². The van der Waals surface area contributed by atoms with Gasteiger partial charge in [-0.05, 0) is 56.8 Å². The van der Waals surface area contributed by atoms with Crippen molar-refractivity contribution in [2.45, 2.75) is 70.4 Å². The molecular formula is C15H27N3. The first-order valence-electron chi connectivity index (χ1n) is 7.82. The normalized spacial score (nSPS) is 38.3. The second-order valence-electron chi connectivity index (χ2n) is 6.72. The molecule has 3 N–H and O–H groups in total. The summed E-state index contributed by atoms with van der Waals surface area (Å²) in [5.41, 5.74) is 6.06. The van der Waals surface area contributed by atoms with Gasteiger partial charge in [0.2, 0.25) is 0 Å². The van der Waals surface area contributed by atoms with Crippen LogP contribution in [0.2, 0.25) is 0 Å². The van der Waals surface area contributed by atoms with Gasteiger partial charge >= 0.3 is 0 Å². The summed E-state index contributed by atoms with van der Waals surface area (Å²) in [6, 6.07) is 0.996. The van der Waals surface area contributed by atoms with Gasteiger partial charge in [0, 0.05) is 6.04 Å². The molecule has 3 nitrogen and oxygen atoms in total. The first-order chi connectivity index (χ1) is 8.72. The van der Waals surface area contributed by atoms with Crippen LogP contribution >= 0.6 is 0 Å². The van der Waals surface area contributed by atoms with Crippen LogP contribution in [0.1, 0.15) is 58.3 Å². The minimum atomic E-state index is 0.490. The third-order valence-electron chi connectivity index (χ3n) is 5.46. The van der Waals surface area contributed by atoms with Crippen molar-refractivity contribution in [2.24, 2.45) is 28.5 Å². The monoisotopic (exact) mass is 249 g/mol. The van der Waals surface area contributed by atoms with Crippen LogP contribution in [-0.4, -0.2) is 18.0 Å². The minimum absolute atomic E-state index is 0.490. The molecule has 0 amide bonds. The Morgan fingerprint density at radius 3 is 2.56 bits per heavy atom. The highest BCUT2D eigenvalue weighted by Crippen LogP contribution is 2.49. The molecule has 102 valence electrons. The van der Waals surface area contributed by atoms with Crippen LogP contribution in [0, 0.1) is 17.8 Å². The van der Waals surface area contributed by atoms with Crippen molar-refractivity contribution in [3.8, 4) is 0 Å². The summed E-state index contributed by atoms with van der Waals surface area (Å²) in [7, 11) is 0. The number of fused-ring (bicyclic) bond motifs is 2. The summed E-state index contributed by atoms with van der Waals surface area (Å²) in [6.45, 7) is 2.29. The van der Waals surface area contributed by atoms with Gasteiger partial charge in [0.1, 0.15) is 0 Å². The highest BCUT2D eigenvalue weighted by molar-refractivity contribution is 5.78. The fourth-order valence-electron chi connectivity index (χ4n) is 4.51. The zero-order valence-electron chi connectivity index (χ0n) is 11.6. The third kappa shape index (κ3) is 2.50. The molecule has 3 saturated carbocycles. The van der Waals surface area contributed by atoms with Gasteiger partial charge in [-0.3, -0.25) is 4.99 Å². The third-order valence-corrected chi connectivity index (χ3v) is 5.46. The molecule has 0 aliphatic heterocycles. The second-order valence-corrected chi connectivity index (χ2v) is 6.72. The van der Waals surface area contributed by atoms with Gasteiger partial charge < -0.3 is 11.1 Å². The molecule has 3 fully saturated rings. The number of nitrogens with zero attached hydrogens (tertiary/aromatic N) is 1. The molecule has 4 unspecified atom stereocenters. The van der Waals surface area contributed by atoms with Crippen LogP contribution in [-0.2, 0) is 0 Å². The van der Waals surface area contributed by atoms with Crippen molar-refractivity contribution >= 4 is 5.96 Å². The van der Waals surface area contributed by atoms with Crippen LogP contribution in [0.4, 0.5) is 0 Å². The number of nitrogens with one attached hydrogen (secondary N) is 1. The van der Waals surface area contributed by atoms with Gasteiger partial charge in [-0.15, -0.1) is 0 Å². The molecule has 3 heteroatoms. The molecular weight excluding hydrogens is 222 g/mol. The lowest BCUT2D eigenvalue weighted by atomic mass is 9.84. The summed E-state index contributed by atoms with van der Waals surface area (Å²) >= 11 is 0. The maximum absolute atomic E-state index is 6.06. The molecule has 0 aromatic heterocycles. The number of aliphatic imine (C=N–C) groups is 1. The molecule has 3 aliphatic carbocycles. The van der Waals surface area contributed by atoms with E-state index < -0.39 is 0 Å². The van der Waals surface area contributed by atoms with E-state index in [1.807, 2.05) is 0 Å². The standard InChI is InChI=1S/C15H27N3/c1-10(14-9-11-6-7-12(14)8-11)17-15(16)18-13-4-2-3-5-13/h10-14H,2-9H2,1H3,(H3,16,17,18). The Bertz CT molecular complexity index is 320. The van der Waals surface area contributed by atoms with E-state index in [0.29, 0.717) is 18.0 Å². The maximum Gasteiger partial charge on any atom is 0.189 e. The van der Waals surface area contributed by atoms with E-state index >= 15 is 0 Å². The van der Waals surface area contributed by atoms with E-state index in [9.17, 15) is 0 Å². The summed E-state index contributed by atoms with van der Waals surface area (Å²) < 4.78 is 0. The van der Waals surface area contributed by atoms with Crippen molar-refractivity contribution in [2.75, 3.05) is 0 Å². The van der Waals surface area contributed by atoms with Crippen LogP contribution in [0.25, 0.3) is 0 Å². The van der Waals surface area contributed by atoms with Crippen molar-refractivity contribution in [1.29, 1.82) is 0 Å². The SMILES string of the molecule is CC(NC(N)=NC1CCCC1)C1CC2CCC1C2. The lowest BCUT2D eigenvalue weighted by molar-refractivity contribution is 0.278. The van der Waals surface area contributed by atoms with Crippen molar-refractivity contribution in [3.05, 3.63) is 0 Å². The van der Waals surface area contributed by atoms with Crippen molar-refractivity contribution in [1.82, 2.24) is 5.32 Å². The second kappa shape index (κ2) is 5.10. The van der Waals surface area contributed by atoms with Gasteiger partial charge in [0.05, 0.1) is 6.04 Å². The molecule has 0 aromatic rings. The minimum Gasteiger partial charge on any atom is -0.370 e. The molecule has 18 heavy (non-hydrogen) atoms. The molecule has 0 saturated heterocycles. The van der Waals surface area contributed by atoms with Gasteiger partial charge in [-0.25, -0.2) is 0 Å².